The topological polar surface area (TPSA) is 68.0 Å². The van der Waals surface area contributed by atoms with Crippen LogP contribution in [-0.4, -0.2) is 25.8 Å². The summed E-state index contributed by atoms with van der Waals surface area (Å²) in [6.45, 7) is 0. The normalized spacial score (nSPS) is 12.3. The van der Waals surface area contributed by atoms with Gasteiger partial charge in [-0.15, -0.1) is 0 Å². The van der Waals surface area contributed by atoms with Gasteiger partial charge in [-0.05, 0) is 17.7 Å². The smallest absolute Gasteiger partial charge is 0.311 e. The Morgan fingerprint density at radius 1 is 1.44 bits per heavy atom. The van der Waals surface area contributed by atoms with Crippen LogP contribution in [0.25, 0.3) is 0 Å². The van der Waals surface area contributed by atoms with Gasteiger partial charge in [0.25, 0.3) is 0 Å². The lowest BCUT2D eigenvalue weighted by Gasteiger charge is -2.12. The molecule has 0 aliphatic heterocycles. The second-order valence-electron chi connectivity index (χ2n) is 3.95. The summed E-state index contributed by atoms with van der Waals surface area (Å²) in [6.07, 6.45) is 1.75. The Kier molecular flexibility index (Phi) is 3.76. The van der Waals surface area contributed by atoms with E-state index in [9.17, 15) is 9.90 Å². The zero-order valence-electron chi connectivity index (χ0n) is 9.75. The lowest BCUT2D eigenvalue weighted by Crippen LogP contribution is -2.16. The average molecular weight is 310 g/mol. The van der Waals surface area contributed by atoms with Gasteiger partial charge < -0.3 is 5.11 Å². The van der Waals surface area contributed by atoms with Gasteiger partial charge in [-0.25, -0.2) is 4.98 Å². The molecule has 0 radical (unpaired) electrons. The summed E-state index contributed by atoms with van der Waals surface area (Å²) in [5, 5.41) is 13.3. The van der Waals surface area contributed by atoms with Crippen molar-refractivity contribution in [2.24, 2.45) is 7.05 Å². The van der Waals surface area contributed by atoms with Crippen molar-refractivity contribution in [3.8, 4) is 0 Å². The van der Waals surface area contributed by atoms with Crippen LogP contribution in [0.3, 0.4) is 0 Å². The maximum absolute atomic E-state index is 11.4. The van der Waals surface area contributed by atoms with Crippen LogP contribution < -0.4 is 0 Å². The third-order valence-corrected chi connectivity index (χ3v) is 3.29. The molecule has 1 heterocycles. The molecule has 0 bridgehead atoms. The molecule has 0 saturated carbocycles. The Labute approximate surface area is 113 Å². The molecule has 18 heavy (non-hydrogen) atoms. The Hall–Kier alpha value is -1.69. The quantitative estimate of drug-likeness (QED) is 0.938. The van der Waals surface area contributed by atoms with Crippen LogP contribution in [-0.2, 0) is 18.3 Å². The molecular weight excluding hydrogens is 298 g/mol. The van der Waals surface area contributed by atoms with Gasteiger partial charge in [0.05, 0.1) is 5.92 Å². The van der Waals surface area contributed by atoms with Gasteiger partial charge >= 0.3 is 5.97 Å². The number of carboxylic acids is 1. The number of rotatable bonds is 4. The van der Waals surface area contributed by atoms with Crippen LogP contribution in [0.15, 0.2) is 35.1 Å². The first-order chi connectivity index (χ1) is 8.58. The zero-order valence-corrected chi connectivity index (χ0v) is 11.3. The predicted molar refractivity (Wildman–Crippen MR) is 69.2 cm³/mol. The minimum Gasteiger partial charge on any atom is -0.481 e. The molecule has 94 valence electrons. The highest BCUT2D eigenvalue weighted by molar-refractivity contribution is 9.10. The van der Waals surface area contributed by atoms with Crippen molar-refractivity contribution >= 4 is 21.9 Å². The number of benzene rings is 1. The minimum atomic E-state index is -0.861. The fourth-order valence-electron chi connectivity index (χ4n) is 1.73. The van der Waals surface area contributed by atoms with E-state index in [1.54, 1.807) is 23.9 Å². The molecule has 0 saturated heterocycles. The number of aromatic nitrogens is 3. The van der Waals surface area contributed by atoms with E-state index in [4.69, 9.17) is 0 Å². The second-order valence-corrected chi connectivity index (χ2v) is 4.86. The monoisotopic (exact) mass is 309 g/mol. The highest BCUT2D eigenvalue weighted by atomic mass is 79.9. The van der Waals surface area contributed by atoms with Crippen molar-refractivity contribution in [3.63, 3.8) is 0 Å². The largest absolute Gasteiger partial charge is 0.481 e. The van der Waals surface area contributed by atoms with E-state index >= 15 is 0 Å². The average Bonchev–Trinajstić information content (AvgIpc) is 2.73. The van der Waals surface area contributed by atoms with Crippen LogP contribution in [0.2, 0.25) is 0 Å². The van der Waals surface area contributed by atoms with Crippen molar-refractivity contribution in [1.82, 2.24) is 14.8 Å². The van der Waals surface area contributed by atoms with Crippen molar-refractivity contribution in [2.45, 2.75) is 12.3 Å². The van der Waals surface area contributed by atoms with E-state index in [0.29, 0.717) is 12.2 Å². The van der Waals surface area contributed by atoms with Gasteiger partial charge in [-0.3, -0.25) is 9.48 Å². The predicted octanol–water partition coefficient (Wildman–Crippen LogP) is 1.99. The third-order valence-electron chi connectivity index (χ3n) is 2.76. The van der Waals surface area contributed by atoms with Crippen LogP contribution >= 0.6 is 15.9 Å². The number of hydrogen-bond acceptors (Lipinski definition) is 3. The van der Waals surface area contributed by atoms with E-state index in [2.05, 4.69) is 26.0 Å². The van der Waals surface area contributed by atoms with Crippen LogP contribution in [0.4, 0.5) is 0 Å². The fraction of sp³-hybridized carbons (Fsp3) is 0.250. The molecule has 1 aromatic heterocycles. The van der Waals surface area contributed by atoms with Crippen molar-refractivity contribution < 1.29 is 9.90 Å². The van der Waals surface area contributed by atoms with E-state index < -0.39 is 11.9 Å². The van der Waals surface area contributed by atoms with E-state index in [-0.39, 0.29) is 0 Å². The van der Waals surface area contributed by atoms with E-state index in [1.807, 2.05) is 12.1 Å². The summed E-state index contributed by atoms with van der Waals surface area (Å²) in [5.41, 5.74) is 0.758. The van der Waals surface area contributed by atoms with Gasteiger partial charge in [0.2, 0.25) is 0 Å². The molecule has 0 amide bonds. The SMILES string of the molecule is Cn1ncnc1CC(C(=O)O)c1ccc(Br)cc1. The van der Waals surface area contributed by atoms with Gasteiger partial charge in [-0.1, -0.05) is 28.1 Å². The lowest BCUT2D eigenvalue weighted by molar-refractivity contribution is -0.138. The molecule has 2 rings (SSSR count). The number of aliphatic carboxylic acids is 1. The molecular formula is C12H12BrN3O2. The summed E-state index contributed by atoms with van der Waals surface area (Å²) in [6, 6.07) is 7.28. The highest BCUT2D eigenvalue weighted by Gasteiger charge is 2.22. The Balaban J connectivity index is 2.27. The summed E-state index contributed by atoms with van der Waals surface area (Å²) in [5.74, 6) is -0.813. The van der Waals surface area contributed by atoms with Gasteiger partial charge in [0.1, 0.15) is 12.2 Å². The van der Waals surface area contributed by atoms with Crippen molar-refractivity contribution in [2.75, 3.05) is 0 Å². The van der Waals surface area contributed by atoms with Crippen LogP contribution in [0.5, 0.6) is 0 Å². The van der Waals surface area contributed by atoms with E-state index in [0.717, 1.165) is 10.0 Å². The number of carboxylic acid groups (broad SMARTS) is 1. The Bertz CT molecular complexity index is 551. The molecule has 0 aliphatic carbocycles. The highest BCUT2D eigenvalue weighted by Crippen LogP contribution is 2.22. The first kappa shape index (κ1) is 12.8. The van der Waals surface area contributed by atoms with E-state index in [1.165, 1.54) is 6.33 Å². The first-order valence-electron chi connectivity index (χ1n) is 5.39. The number of nitrogens with zero attached hydrogens (tertiary/aromatic N) is 3. The number of carbonyl (C=O) groups is 1. The summed E-state index contributed by atoms with van der Waals surface area (Å²) in [7, 11) is 1.75. The Morgan fingerprint density at radius 3 is 2.61 bits per heavy atom. The van der Waals surface area contributed by atoms with Gasteiger partial charge in [0.15, 0.2) is 0 Å². The molecule has 1 atom stereocenters. The number of hydrogen-bond donors (Lipinski definition) is 1. The van der Waals surface area contributed by atoms with Crippen molar-refractivity contribution in [1.29, 1.82) is 0 Å². The minimum absolute atomic E-state index is 0.327. The maximum Gasteiger partial charge on any atom is 0.311 e. The number of aryl methyl sites for hydroxylation is 1. The van der Waals surface area contributed by atoms with Crippen LogP contribution in [0.1, 0.15) is 17.3 Å². The molecule has 0 fully saturated rings. The Morgan fingerprint density at radius 2 is 2.11 bits per heavy atom. The molecule has 0 spiro atoms. The van der Waals surface area contributed by atoms with Crippen molar-refractivity contribution in [3.05, 3.63) is 46.5 Å². The molecule has 1 aromatic carbocycles. The number of halogens is 1. The van der Waals surface area contributed by atoms with Gasteiger partial charge in [-0.2, -0.15) is 5.10 Å². The zero-order chi connectivity index (χ0) is 13.1. The van der Waals surface area contributed by atoms with Gasteiger partial charge in [0, 0.05) is 17.9 Å². The third kappa shape index (κ3) is 2.76. The first-order valence-corrected chi connectivity index (χ1v) is 6.18. The molecule has 6 heteroatoms. The molecule has 1 unspecified atom stereocenters. The summed E-state index contributed by atoms with van der Waals surface area (Å²) in [4.78, 5) is 15.4. The molecule has 1 N–H and O–H groups in total. The molecule has 0 aliphatic rings. The molecule has 2 aromatic rings. The molecule has 5 nitrogen and oxygen atoms in total. The standard InChI is InChI=1S/C12H12BrN3O2/c1-16-11(14-7-15-16)6-10(12(17)18)8-2-4-9(13)5-3-8/h2-5,7,10H,6H2,1H3,(H,17,18). The van der Waals surface area contributed by atoms with Crippen LogP contribution in [0, 0.1) is 0 Å². The second kappa shape index (κ2) is 5.30. The maximum atomic E-state index is 11.4. The fourth-order valence-corrected chi connectivity index (χ4v) is 1.99. The summed E-state index contributed by atoms with van der Waals surface area (Å²) < 4.78 is 2.52. The summed E-state index contributed by atoms with van der Waals surface area (Å²) >= 11 is 3.33. The lowest BCUT2D eigenvalue weighted by atomic mass is 9.95.